The largest absolute Gasteiger partial charge is 0.367 e. The lowest BCUT2D eigenvalue weighted by atomic mass is 9.82. The van der Waals surface area contributed by atoms with Crippen LogP contribution in [0.2, 0.25) is 0 Å². The standard InChI is InChI=1S/C19H30N8.HI/c1-3-20-19(27-11-14-6-4-5-7-15(14)12-27)22-9-8-21-17-16-10-25-26(2)18(16)24-13-23-17;/h10,13-15H,3-9,11-12H2,1-2H3,(H,20,22)(H,21,23,24);1H. The maximum absolute atomic E-state index is 4.86. The minimum absolute atomic E-state index is 0. The van der Waals surface area contributed by atoms with E-state index in [4.69, 9.17) is 4.99 Å². The first-order valence-corrected chi connectivity index (χ1v) is 10.2. The Labute approximate surface area is 183 Å². The van der Waals surface area contributed by atoms with E-state index < -0.39 is 0 Å². The smallest absolute Gasteiger partial charge is 0.193 e. The van der Waals surface area contributed by atoms with Crippen molar-refractivity contribution in [2.75, 3.05) is 38.0 Å². The van der Waals surface area contributed by atoms with Crippen molar-refractivity contribution in [2.24, 2.45) is 23.9 Å². The molecular formula is C19H31IN8. The topological polar surface area (TPSA) is 83.3 Å². The van der Waals surface area contributed by atoms with Crippen LogP contribution in [0, 0.1) is 11.8 Å². The fourth-order valence-electron chi connectivity index (χ4n) is 4.44. The second-order valence-electron chi connectivity index (χ2n) is 7.60. The van der Waals surface area contributed by atoms with E-state index in [1.807, 2.05) is 7.05 Å². The van der Waals surface area contributed by atoms with Gasteiger partial charge in [-0.1, -0.05) is 12.8 Å². The van der Waals surface area contributed by atoms with Crippen molar-refractivity contribution in [1.82, 2.24) is 30.0 Å². The fourth-order valence-corrected chi connectivity index (χ4v) is 4.44. The number of hydrogen-bond acceptors (Lipinski definition) is 5. The number of aromatic nitrogens is 4. The molecule has 0 radical (unpaired) electrons. The van der Waals surface area contributed by atoms with Gasteiger partial charge in [0.15, 0.2) is 11.6 Å². The van der Waals surface area contributed by atoms with Gasteiger partial charge in [-0.05, 0) is 31.6 Å². The van der Waals surface area contributed by atoms with Gasteiger partial charge in [-0.15, -0.1) is 24.0 Å². The number of likely N-dealkylation sites (tertiary alicyclic amines) is 1. The third-order valence-electron chi connectivity index (χ3n) is 5.81. The maximum atomic E-state index is 4.86. The number of fused-ring (bicyclic) bond motifs is 2. The van der Waals surface area contributed by atoms with Gasteiger partial charge in [0, 0.05) is 33.2 Å². The van der Waals surface area contributed by atoms with Crippen molar-refractivity contribution in [3.05, 3.63) is 12.5 Å². The summed E-state index contributed by atoms with van der Waals surface area (Å²) in [5, 5.41) is 12.1. The molecule has 0 amide bonds. The first-order valence-electron chi connectivity index (χ1n) is 10.2. The van der Waals surface area contributed by atoms with Gasteiger partial charge in [0.2, 0.25) is 0 Å². The molecule has 1 saturated heterocycles. The highest BCUT2D eigenvalue weighted by Gasteiger charge is 2.35. The van der Waals surface area contributed by atoms with Crippen LogP contribution in [0.5, 0.6) is 0 Å². The van der Waals surface area contributed by atoms with Gasteiger partial charge < -0.3 is 15.5 Å². The Morgan fingerprint density at radius 1 is 1.21 bits per heavy atom. The Kier molecular flexibility index (Phi) is 7.30. The lowest BCUT2D eigenvalue weighted by Crippen LogP contribution is -2.40. The molecule has 28 heavy (non-hydrogen) atoms. The molecular weight excluding hydrogens is 467 g/mol. The second-order valence-corrected chi connectivity index (χ2v) is 7.60. The van der Waals surface area contributed by atoms with E-state index in [0.717, 1.165) is 60.8 Å². The average molecular weight is 498 g/mol. The van der Waals surface area contributed by atoms with Crippen LogP contribution in [0.1, 0.15) is 32.6 Å². The molecule has 154 valence electrons. The van der Waals surface area contributed by atoms with E-state index in [2.05, 4.69) is 37.5 Å². The Hall–Kier alpha value is -1.65. The number of rotatable bonds is 5. The lowest BCUT2D eigenvalue weighted by molar-refractivity contribution is 0.299. The Balaban J connectivity index is 0.00000225. The van der Waals surface area contributed by atoms with E-state index in [0.29, 0.717) is 6.54 Å². The predicted octanol–water partition coefficient (Wildman–Crippen LogP) is 2.48. The first-order chi connectivity index (χ1) is 13.3. The maximum Gasteiger partial charge on any atom is 0.193 e. The van der Waals surface area contributed by atoms with Crippen molar-refractivity contribution in [1.29, 1.82) is 0 Å². The molecule has 9 heteroatoms. The Morgan fingerprint density at radius 3 is 2.68 bits per heavy atom. The van der Waals surface area contributed by atoms with Crippen LogP contribution in [-0.4, -0.2) is 63.3 Å². The molecule has 0 spiro atoms. The molecule has 2 aliphatic rings. The van der Waals surface area contributed by atoms with Crippen LogP contribution < -0.4 is 10.6 Å². The molecule has 1 saturated carbocycles. The molecule has 4 rings (SSSR count). The summed E-state index contributed by atoms with van der Waals surface area (Å²) in [6, 6.07) is 0. The number of aliphatic imine (C=N–C) groups is 1. The van der Waals surface area contributed by atoms with Crippen LogP contribution in [0.25, 0.3) is 11.0 Å². The molecule has 2 aromatic heterocycles. The van der Waals surface area contributed by atoms with E-state index in [1.165, 1.54) is 25.7 Å². The molecule has 2 N–H and O–H groups in total. The van der Waals surface area contributed by atoms with Crippen LogP contribution in [0.3, 0.4) is 0 Å². The monoisotopic (exact) mass is 498 g/mol. The Morgan fingerprint density at radius 2 is 1.96 bits per heavy atom. The zero-order valence-corrected chi connectivity index (χ0v) is 19.1. The second kappa shape index (κ2) is 9.71. The summed E-state index contributed by atoms with van der Waals surface area (Å²) in [5.41, 5.74) is 0.837. The molecule has 2 unspecified atom stereocenters. The van der Waals surface area contributed by atoms with Crippen molar-refractivity contribution >= 4 is 46.8 Å². The van der Waals surface area contributed by atoms with Crippen molar-refractivity contribution in [3.63, 3.8) is 0 Å². The summed E-state index contributed by atoms with van der Waals surface area (Å²) in [6.07, 6.45) is 8.94. The van der Waals surface area contributed by atoms with Crippen LogP contribution in [0.4, 0.5) is 5.82 Å². The molecule has 2 aromatic rings. The predicted molar refractivity (Wildman–Crippen MR) is 123 cm³/mol. The van der Waals surface area contributed by atoms with Gasteiger partial charge in [-0.25, -0.2) is 9.97 Å². The molecule has 8 nitrogen and oxygen atoms in total. The quantitative estimate of drug-likeness (QED) is 0.285. The van der Waals surface area contributed by atoms with Crippen LogP contribution in [0.15, 0.2) is 17.5 Å². The number of nitrogens with zero attached hydrogens (tertiary/aromatic N) is 6. The minimum atomic E-state index is 0. The van der Waals surface area contributed by atoms with E-state index in [9.17, 15) is 0 Å². The summed E-state index contributed by atoms with van der Waals surface area (Å²) in [7, 11) is 1.89. The highest BCUT2D eigenvalue weighted by Crippen LogP contribution is 2.35. The molecule has 0 aromatic carbocycles. The van der Waals surface area contributed by atoms with E-state index in [1.54, 1.807) is 17.2 Å². The number of hydrogen-bond donors (Lipinski definition) is 2. The zero-order valence-electron chi connectivity index (χ0n) is 16.8. The summed E-state index contributed by atoms with van der Waals surface area (Å²) in [6.45, 7) is 6.80. The fraction of sp³-hybridized carbons (Fsp3) is 0.684. The molecule has 3 heterocycles. The highest BCUT2D eigenvalue weighted by atomic mass is 127. The van der Waals surface area contributed by atoms with Crippen molar-refractivity contribution < 1.29 is 0 Å². The third-order valence-corrected chi connectivity index (χ3v) is 5.81. The van der Waals surface area contributed by atoms with Crippen molar-refractivity contribution in [2.45, 2.75) is 32.6 Å². The molecule has 0 bridgehead atoms. The number of guanidine groups is 1. The molecule has 1 aliphatic heterocycles. The number of halogens is 1. The van der Waals surface area contributed by atoms with Gasteiger partial charge in [-0.3, -0.25) is 9.67 Å². The van der Waals surface area contributed by atoms with Gasteiger partial charge >= 0.3 is 0 Å². The molecule has 1 aliphatic carbocycles. The van der Waals surface area contributed by atoms with Crippen molar-refractivity contribution in [3.8, 4) is 0 Å². The SMILES string of the molecule is CCNC(=NCCNc1ncnc2c1cnn2C)N1CC2CCCCC2C1.I. The van der Waals surface area contributed by atoms with Crippen LogP contribution in [-0.2, 0) is 7.05 Å². The molecule has 2 atom stereocenters. The number of nitrogens with one attached hydrogen (secondary N) is 2. The van der Waals surface area contributed by atoms with Gasteiger partial charge in [0.1, 0.15) is 12.1 Å². The van der Waals surface area contributed by atoms with E-state index >= 15 is 0 Å². The summed E-state index contributed by atoms with van der Waals surface area (Å²) in [5.74, 6) is 3.60. The van der Waals surface area contributed by atoms with Crippen LogP contribution >= 0.6 is 24.0 Å². The number of anilines is 1. The third kappa shape index (κ3) is 4.49. The van der Waals surface area contributed by atoms with E-state index in [-0.39, 0.29) is 24.0 Å². The first kappa shape index (κ1) is 21.1. The minimum Gasteiger partial charge on any atom is -0.367 e. The summed E-state index contributed by atoms with van der Waals surface area (Å²) >= 11 is 0. The molecule has 2 fully saturated rings. The Bertz CT molecular complexity index is 790. The van der Waals surface area contributed by atoms with Gasteiger partial charge in [0.25, 0.3) is 0 Å². The average Bonchev–Trinajstić information content (AvgIpc) is 3.28. The number of aryl methyl sites for hydroxylation is 1. The zero-order chi connectivity index (χ0) is 18.6. The van der Waals surface area contributed by atoms with Gasteiger partial charge in [0.05, 0.1) is 18.1 Å². The van der Waals surface area contributed by atoms with Gasteiger partial charge in [-0.2, -0.15) is 5.10 Å². The lowest BCUT2D eigenvalue weighted by Gasteiger charge is -2.22. The normalized spacial score (nSPS) is 22.1. The summed E-state index contributed by atoms with van der Waals surface area (Å²) in [4.78, 5) is 15.9. The highest BCUT2D eigenvalue weighted by molar-refractivity contribution is 14.0. The summed E-state index contributed by atoms with van der Waals surface area (Å²) < 4.78 is 1.76.